The van der Waals surface area contributed by atoms with Crippen LogP contribution in [0.4, 0.5) is 0 Å². The van der Waals surface area contributed by atoms with Crippen LogP contribution < -0.4 is 0 Å². The van der Waals surface area contributed by atoms with Gasteiger partial charge in [0.05, 0.1) is 12.7 Å². The Morgan fingerprint density at radius 1 is 1.43 bits per heavy atom. The number of benzene rings is 1. The summed E-state index contributed by atoms with van der Waals surface area (Å²) in [5, 5.41) is 2.82. The summed E-state index contributed by atoms with van der Waals surface area (Å²) in [5.41, 5.74) is 1.86. The minimum atomic E-state index is -0.264. The van der Waals surface area contributed by atoms with Gasteiger partial charge in [0.15, 0.2) is 0 Å². The maximum atomic E-state index is 11.4. The summed E-state index contributed by atoms with van der Waals surface area (Å²) in [7, 11) is 1.40. The summed E-state index contributed by atoms with van der Waals surface area (Å²) >= 11 is 1.57. The highest BCUT2D eigenvalue weighted by atomic mass is 32.1. The van der Waals surface area contributed by atoms with E-state index >= 15 is 0 Å². The van der Waals surface area contributed by atoms with Gasteiger partial charge in [0.25, 0.3) is 0 Å². The molecule has 0 atom stereocenters. The summed E-state index contributed by atoms with van der Waals surface area (Å²) in [4.78, 5) is 11.4. The molecule has 0 aliphatic heterocycles. The number of rotatable bonds is 1. The average Bonchev–Trinajstić information content (AvgIpc) is 2.59. The molecule has 0 radical (unpaired) electrons. The summed E-state index contributed by atoms with van der Waals surface area (Å²) in [5.74, 6) is -0.264. The molecule has 0 fully saturated rings. The Morgan fingerprint density at radius 3 is 2.93 bits per heavy atom. The topological polar surface area (TPSA) is 26.3 Å². The third kappa shape index (κ3) is 1.40. The zero-order valence-electron chi connectivity index (χ0n) is 8.03. The number of aryl methyl sites for hydroxylation is 1. The van der Waals surface area contributed by atoms with E-state index in [2.05, 4.69) is 6.07 Å². The smallest absolute Gasteiger partial charge is 0.339 e. The van der Waals surface area contributed by atoms with Gasteiger partial charge in [-0.3, -0.25) is 0 Å². The highest BCUT2D eigenvalue weighted by molar-refractivity contribution is 7.17. The van der Waals surface area contributed by atoms with Crippen molar-refractivity contribution in [2.75, 3.05) is 7.11 Å². The lowest BCUT2D eigenvalue weighted by molar-refractivity contribution is 0.0603. The lowest BCUT2D eigenvalue weighted by atomic mass is 10.1. The molecule has 0 aliphatic rings. The van der Waals surface area contributed by atoms with E-state index in [-0.39, 0.29) is 5.97 Å². The van der Waals surface area contributed by atoms with Crippen LogP contribution in [0.5, 0.6) is 0 Å². The molecule has 0 bridgehead atoms. The summed E-state index contributed by atoms with van der Waals surface area (Å²) in [6.45, 7) is 2.04. The lowest BCUT2D eigenvalue weighted by Crippen LogP contribution is -1.99. The zero-order valence-corrected chi connectivity index (χ0v) is 8.85. The largest absolute Gasteiger partial charge is 0.465 e. The van der Waals surface area contributed by atoms with Gasteiger partial charge in [-0.05, 0) is 18.6 Å². The Hall–Kier alpha value is -1.35. The van der Waals surface area contributed by atoms with Gasteiger partial charge in [0.2, 0.25) is 0 Å². The molecule has 1 aromatic carbocycles. The minimum absolute atomic E-state index is 0.264. The second-order valence-electron chi connectivity index (χ2n) is 3.14. The normalized spacial score (nSPS) is 10.4. The molecule has 0 amide bonds. The van der Waals surface area contributed by atoms with Gasteiger partial charge in [-0.2, -0.15) is 0 Å². The number of thiophene rings is 1. The second kappa shape index (κ2) is 3.42. The van der Waals surface area contributed by atoms with E-state index < -0.39 is 0 Å². The van der Waals surface area contributed by atoms with Crippen LogP contribution in [-0.4, -0.2) is 13.1 Å². The fraction of sp³-hybridized carbons (Fsp3) is 0.182. The fourth-order valence-corrected chi connectivity index (χ4v) is 2.43. The minimum Gasteiger partial charge on any atom is -0.465 e. The van der Waals surface area contributed by atoms with Crippen molar-refractivity contribution in [3.05, 3.63) is 34.7 Å². The molecule has 72 valence electrons. The van der Waals surface area contributed by atoms with Crippen molar-refractivity contribution in [2.24, 2.45) is 0 Å². The summed E-state index contributed by atoms with van der Waals surface area (Å²) in [6.07, 6.45) is 0. The van der Waals surface area contributed by atoms with Gasteiger partial charge in [-0.15, -0.1) is 11.3 Å². The van der Waals surface area contributed by atoms with Crippen LogP contribution in [0.2, 0.25) is 0 Å². The van der Waals surface area contributed by atoms with Crippen LogP contribution in [0.3, 0.4) is 0 Å². The van der Waals surface area contributed by atoms with Crippen LogP contribution in [0.15, 0.2) is 23.6 Å². The number of ether oxygens (including phenoxy) is 1. The van der Waals surface area contributed by atoms with Crippen LogP contribution in [0.25, 0.3) is 10.1 Å². The van der Waals surface area contributed by atoms with Crippen molar-refractivity contribution in [3.8, 4) is 0 Å². The zero-order chi connectivity index (χ0) is 10.1. The van der Waals surface area contributed by atoms with Crippen LogP contribution in [0, 0.1) is 6.92 Å². The van der Waals surface area contributed by atoms with E-state index in [1.165, 1.54) is 12.7 Å². The number of hydrogen-bond donors (Lipinski definition) is 0. The van der Waals surface area contributed by atoms with E-state index in [0.29, 0.717) is 5.56 Å². The highest BCUT2D eigenvalue weighted by Gasteiger charge is 2.11. The van der Waals surface area contributed by atoms with Gasteiger partial charge in [-0.1, -0.05) is 12.1 Å². The third-order valence-corrected chi connectivity index (χ3v) is 3.08. The number of methoxy groups -OCH3 is 1. The average molecular weight is 206 g/mol. The SMILES string of the molecule is COC(=O)c1csc2cc(C)ccc12. The maximum Gasteiger partial charge on any atom is 0.339 e. The fourth-order valence-electron chi connectivity index (χ4n) is 1.40. The summed E-state index contributed by atoms with van der Waals surface area (Å²) in [6, 6.07) is 6.04. The predicted octanol–water partition coefficient (Wildman–Crippen LogP) is 3.00. The molecule has 3 heteroatoms. The Morgan fingerprint density at radius 2 is 2.21 bits per heavy atom. The molecule has 0 aliphatic carbocycles. The van der Waals surface area contributed by atoms with E-state index in [1.54, 1.807) is 11.3 Å². The van der Waals surface area contributed by atoms with Gasteiger partial charge in [-0.25, -0.2) is 4.79 Å². The first-order valence-corrected chi connectivity index (χ1v) is 5.16. The van der Waals surface area contributed by atoms with E-state index in [4.69, 9.17) is 4.74 Å². The molecule has 0 unspecified atom stereocenters. The molecule has 14 heavy (non-hydrogen) atoms. The first-order chi connectivity index (χ1) is 6.72. The van der Waals surface area contributed by atoms with Gasteiger partial charge >= 0.3 is 5.97 Å². The molecule has 0 spiro atoms. The molecular weight excluding hydrogens is 196 g/mol. The third-order valence-electron chi connectivity index (χ3n) is 2.14. The van der Waals surface area contributed by atoms with Crippen LogP contribution >= 0.6 is 11.3 Å². The van der Waals surface area contributed by atoms with Crippen molar-refractivity contribution in [1.82, 2.24) is 0 Å². The number of carbonyl (C=O) groups excluding carboxylic acids is 1. The molecule has 2 nitrogen and oxygen atoms in total. The number of esters is 1. The highest BCUT2D eigenvalue weighted by Crippen LogP contribution is 2.27. The standard InChI is InChI=1S/C11H10O2S/c1-7-3-4-8-9(11(12)13-2)6-14-10(8)5-7/h3-6H,1-2H3. The molecular formula is C11H10O2S. The van der Waals surface area contributed by atoms with Crippen LogP contribution in [-0.2, 0) is 4.74 Å². The van der Waals surface area contributed by atoms with Crippen molar-refractivity contribution >= 4 is 27.4 Å². The van der Waals surface area contributed by atoms with E-state index in [0.717, 1.165) is 10.1 Å². The Labute approximate surface area is 86.1 Å². The number of carbonyl (C=O) groups is 1. The first kappa shape index (κ1) is 9.21. The summed E-state index contributed by atoms with van der Waals surface area (Å²) < 4.78 is 5.83. The van der Waals surface area contributed by atoms with E-state index in [1.807, 2.05) is 24.4 Å². The van der Waals surface area contributed by atoms with Crippen molar-refractivity contribution in [1.29, 1.82) is 0 Å². The van der Waals surface area contributed by atoms with Gasteiger partial charge in [0, 0.05) is 15.5 Å². The van der Waals surface area contributed by atoms with Gasteiger partial charge < -0.3 is 4.74 Å². The Bertz CT molecular complexity index is 485. The molecule has 0 N–H and O–H groups in total. The second-order valence-corrected chi connectivity index (χ2v) is 4.05. The number of fused-ring (bicyclic) bond motifs is 1. The van der Waals surface area contributed by atoms with E-state index in [9.17, 15) is 4.79 Å². The predicted molar refractivity (Wildman–Crippen MR) is 57.9 cm³/mol. The molecule has 2 rings (SSSR count). The van der Waals surface area contributed by atoms with Crippen molar-refractivity contribution in [2.45, 2.75) is 6.92 Å². The quantitative estimate of drug-likeness (QED) is 0.670. The lowest BCUT2D eigenvalue weighted by Gasteiger charge is -1.97. The van der Waals surface area contributed by atoms with Crippen LogP contribution in [0.1, 0.15) is 15.9 Å². The molecule has 0 saturated heterocycles. The Balaban J connectivity index is 2.64. The number of hydrogen-bond acceptors (Lipinski definition) is 3. The molecule has 2 aromatic rings. The van der Waals surface area contributed by atoms with Crippen molar-refractivity contribution < 1.29 is 9.53 Å². The first-order valence-electron chi connectivity index (χ1n) is 4.28. The molecule has 1 heterocycles. The molecule has 0 saturated carbocycles. The maximum absolute atomic E-state index is 11.4. The Kier molecular flexibility index (Phi) is 2.25. The molecule has 1 aromatic heterocycles. The van der Waals surface area contributed by atoms with Crippen molar-refractivity contribution in [3.63, 3.8) is 0 Å². The van der Waals surface area contributed by atoms with Gasteiger partial charge in [0.1, 0.15) is 0 Å². The monoisotopic (exact) mass is 206 g/mol.